The van der Waals surface area contributed by atoms with Gasteiger partial charge in [-0.25, -0.2) is 0 Å². The number of carbonyl (C=O) groups excluding carboxylic acids is 1. The predicted molar refractivity (Wildman–Crippen MR) is 65.1 cm³/mol. The molecule has 0 bridgehead atoms. The molecule has 1 N–H and O–H groups in total. The summed E-state index contributed by atoms with van der Waals surface area (Å²) in [7, 11) is -2.25. The number of nitrogens with zero attached hydrogens (tertiary/aromatic N) is 2. The van der Waals surface area contributed by atoms with E-state index in [0.29, 0.717) is 45.6 Å². The van der Waals surface area contributed by atoms with Crippen molar-refractivity contribution in [1.29, 1.82) is 0 Å². The Labute approximate surface area is 107 Å². The van der Waals surface area contributed by atoms with Gasteiger partial charge in [0.25, 0.3) is 10.2 Å². The van der Waals surface area contributed by atoms with Gasteiger partial charge in [0.2, 0.25) is 0 Å². The minimum Gasteiger partial charge on any atom is -0.468 e. The molecule has 0 aliphatic carbocycles. The van der Waals surface area contributed by atoms with Crippen LogP contribution in [0, 0.1) is 0 Å². The SMILES string of the molecule is COC(=O)C1CCCN1S(=O)(=O)N1CCNCC1. The van der Waals surface area contributed by atoms with Crippen molar-refractivity contribution in [3.05, 3.63) is 0 Å². The standard InChI is InChI=1S/C10H19N3O4S/c1-17-10(14)9-3-2-6-13(9)18(15,16)12-7-4-11-5-8-12/h9,11H,2-8H2,1H3. The lowest BCUT2D eigenvalue weighted by molar-refractivity contribution is -0.144. The third-order valence-corrected chi connectivity index (χ3v) is 5.42. The quantitative estimate of drug-likeness (QED) is 0.654. The van der Waals surface area contributed by atoms with Crippen LogP contribution in [0.4, 0.5) is 0 Å². The molecule has 2 aliphatic heterocycles. The largest absolute Gasteiger partial charge is 0.468 e. The van der Waals surface area contributed by atoms with Crippen LogP contribution >= 0.6 is 0 Å². The van der Waals surface area contributed by atoms with E-state index in [9.17, 15) is 13.2 Å². The molecule has 0 aromatic carbocycles. The molecule has 104 valence electrons. The second kappa shape index (κ2) is 5.52. The Bertz CT molecular complexity index is 405. The third-order valence-electron chi connectivity index (χ3n) is 3.38. The summed E-state index contributed by atoms with van der Waals surface area (Å²) >= 11 is 0. The Morgan fingerprint density at radius 3 is 2.56 bits per heavy atom. The zero-order valence-electron chi connectivity index (χ0n) is 10.5. The van der Waals surface area contributed by atoms with Crippen molar-refractivity contribution < 1.29 is 17.9 Å². The number of esters is 1. The lowest BCUT2D eigenvalue weighted by atomic mass is 10.2. The molecule has 0 spiro atoms. The fraction of sp³-hybridized carbons (Fsp3) is 0.900. The smallest absolute Gasteiger partial charge is 0.324 e. The highest BCUT2D eigenvalue weighted by molar-refractivity contribution is 7.86. The average Bonchev–Trinajstić information content (AvgIpc) is 2.89. The fourth-order valence-corrected chi connectivity index (χ4v) is 4.22. The summed E-state index contributed by atoms with van der Waals surface area (Å²) in [6, 6.07) is -0.658. The van der Waals surface area contributed by atoms with Crippen molar-refractivity contribution in [2.75, 3.05) is 39.8 Å². The van der Waals surface area contributed by atoms with Gasteiger partial charge >= 0.3 is 5.97 Å². The number of carbonyl (C=O) groups is 1. The summed E-state index contributed by atoms with van der Waals surface area (Å²) in [5.74, 6) is -0.466. The lowest BCUT2D eigenvalue weighted by Gasteiger charge is -2.32. The van der Waals surface area contributed by atoms with Crippen molar-refractivity contribution in [3.63, 3.8) is 0 Å². The van der Waals surface area contributed by atoms with E-state index in [0.717, 1.165) is 0 Å². The van der Waals surface area contributed by atoms with Crippen LogP contribution in [0.3, 0.4) is 0 Å². The van der Waals surface area contributed by atoms with Crippen LogP contribution in [0.5, 0.6) is 0 Å². The minimum atomic E-state index is -3.54. The Kier molecular flexibility index (Phi) is 4.21. The molecule has 1 atom stereocenters. The second-order valence-electron chi connectivity index (χ2n) is 4.45. The number of hydrogen-bond acceptors (Lipinski definition) is 5. The molecule has 0 radical (unpaired) electrons. The first kappa shape index (κ1) is 13.7. The number of hydrogen-bond donors (Lipinski definition) is 1. The summed E-state index contributed by atoms with van der Waals surface area (Å²) in [4.78, 5) is 11.6. The van der Waals surface area contributed by atoms with E-state index in [1.165, 1.54) is 15.7 Å². The van der Waals surface area contributed by atoms with Crippen LogP contribution in [0.1, 0.15) is 12.8 Å². The fourth-order valence-electron chi connectivity index (χ4n) is 2.41. The maximum atomic E-state index is 12.4. The van der Waals surface area contributed by atoms with E-state index in [1.54, 1.807) is 0 Å². The van der Waals surface area contributed by atoms with Gasteiger partial charge in [0.1, 0.15) is 6.04 Å². The molecule has 0 saturated carbocycles. The van der Waals surface area contributed by atoms with Crippen molar-refractivity contribution in [1.82, 2.24) is 13.9 Å². The number of piperazine rings is 1. The highest BCUT2D eigenvalue weighted by Gasteiger charge is 2.42. The maximum absolute atomic E-state index is 12.4. The van der Waals surface area contributed by atoms with E-state index >= 15 is 0 Å². The Balaban J connectivity index is 2.15. The van der Waals surface area contributed by atoms with E-state index in [-0.39, 0.29) is 0 Å². The van der Waals surface area contributed by atoms with Gasteiger partial charge in [-0.05, 0) is 12.8 Å². The second-order valence-corrected chi connectivity index (χ2v) is 6.33. The van der Waals surface area contributed by atoms with Crippen LogP contribution in [0.15, 0.2) is 0 Å². The van der Waals surface area contributed by atoms with Crippen molar-refractivity contribution in [2.45, 2.75) is 18.9 Å². The zero-order valence-corrected chi connectivity index (χ0v) is 11.3. The summed E-state index contributed by atoms with van der Waals surface area (Å²) in [6.45, 7) is 2.59. The predicted octanol–water partition coefficient (Wildman–Crippen LogP) is -1.23. The minimum absolute atomic E-state index is 0.395. The molecular weight excluding hydrogens is 258 g/mol. The molecule has 0 aromatic heterocycles. The summed E-state index contributed by atoms with van der Waals surface area (Å²) in [6.07, 6.45) is 1.24. The molecule has 2 saturated heterocycles. The molecule has 2 fully saturated rings. The van der Waals surface area contributed by atoms with Gasteiger partial charge in [0.15, 0.2) is 0 Å². The van der Waals surface area contributed by atoms with Gasteiger partial charge in [-0.15, -0.1) is 0 Å². The molecule has 2 heterocycles. The van der Waals surface area contributed by atoms with Crippen LogP contribution in [0.25, 0.3) is 0 Å². The summed E-state index contributed by atoms with van der Waals surface area (Å²) in [5.41, 5.74) is 0. The Hall–Kier alpha value is -0.700. The molecule has 0 amide bonds. The third kappa shape index (κ3) is 2.51. The van der Waals surface area contributed by atoms with E-state index in [4.69, 9.17) is 0 Å². The maximum Gasteiger partial charge on any atom is 0.324 e. The molecule has 18 heavy (non-hydrogen) atoms. The Morgan fingerprint density at radius 1 is 1.28 bits per heavy atom. The summed E-state index contributed by atoms with van der Waals surface area (Å²) in [5, 5.41) is 3.11. The zero-order chi connectivity index (χ0) is 13.2. The van der Waals surface area contributed by atoms with Gasteiger partial charge in [-0.1, -0.05) is 0 Å². The van der Waals surface area contributed by atoms with Gasteiger partial charge in [-0.2, -0.15) is 17.0 Å². The molecule has 0 aromatic rings. The number of nitrogens with one attached hydrogen (secondary N) is 1. The first-order chi connectivity index (χ1) is 8.57. The topological polar surface area (TPSA) is 79.0 Å². The normalized spacial score (nSPS) is 27.3. The van der Waals surface area contributed by atoms with Gasteiger partial charge in [-0.3, -0.25) is 4.79 Å². The number of methoxy groups -OCH3 is 1. The monoisotopic (exact) mass is 277 g/mol. The highest BCUT2D eigenvalue weighted by Crippen LogP contribution is 2.24. The molecular formula is C10H19N3O4S. The summed E-state index contributed by atoms with van der Waals surface area (Å²) < 4.78 is 32.3. The molecule has 2 rings (SSSR count). The van der Waals surface area contributed by atoms with Crippen LogP contribution in [-0.4, -0.2) is 68.9 Å². The lowest BCUT2D eigenvalue weighted by Crippen LogP contribution is -2.54. The molecule has 2 aliphatic rings. The van der Waals surface area contributed by atoms with Gasteiger partial charge in [0.05, 0.1) is 7.11 Å². The Morgan fingerprint density at radius 2 is 1.94 bits per heavy atom. The molecule has 8 heteroatoms. The van der Waals surface area contributed by atoms with Crippen molar-refractivity contribution in [3.8, 4) is 0 Å². The first-order valence-electron chi connectivity index (χ1n) is 6.13. The van der Waals surface area contributed by atoms with E-state index in [1.807, 2.05) is 0 Å². The molecule has 1 unspecified atom stereocenters. The first-order valence-corrected chi connectivity index (χ1v) is 7.52. The van der Waals surface area contributed by atoms with Crippen LogP contribution < -0.4 is 5.32 Å². The molecule has 7 nitrogen and oxygen atoms in total. The van der Waals surface area contributed by atoms with E-state index in [2.05, 4.69) is 10.1 Å². The van der Waals surface area contributed by atoms with E-state index < -0.39 is 22.2 Å². The number of ether oxygens (including phenoxy) is 1. The number of rotatable bonds is 3. The van der Waals surface area contributed by atoms with Gasteiger partial charge in [0, 0.05) is 32.7 Å². The average molecular weight is 277 g/mol. The van der Waals surface area contributed by atoms with Crippen molar-refractivity contribution in [2.24, 2.45) is 0 Å². The van der Waals surface area contributed by atoms with Crippen molar-refractivity contribution >= 4 is 16.2 Å². The highest BCUT2D eigenvalue weighted by atomic mass is 32.2. The van der Waals surface area contributed by atoms with Crippen LogP contribution in [0.2, 0.25) is 0 Å². The van der Waals surface area contributed by atoms with Gasteiger partial charge < -0.3 is 10.1 Å². The van der Waals surface area contributed by atoms with Crippen LogP contribution in [-0.2, 0) is 19.7 Å².